The molecule has 0 saturated carbocycles. The molecule has 6 nitrogen and oxygen atoms in total. The van der Waals surface area contributed by atoms with Crippen LogP contribution in [0.2, 0.25) is 0 Å². The van der Waals surface area contributed by atoms with Gasteiger partial charge in [-0.05, 0) is 18.9 Å². The molecular formula is C11H17N5O. The Kier molecular flexibility index (Phi) is 2.97. The Morgan fingerprint density at radius 1 is 1.41 bits per heavy atom. The topological polar surface area (TPSA) is 82.8 Å². The highest BCUT2D eigenvalue weighted by molar-refractivity contribution is 5.47. The Hall–Kier alpha value is -1.69. The molecule has 0 aromatic carbocycles. The van der Waals surface area contributed by atoms with Gasteiger partial charge in [-0.15, -0.1) is 0 Å². The summed E-state index contributed by atoms with van der Waals surface area (Å²) >= 11 is 0. The molecule has 2 aromatic heterocycles. The maximum atomic E-state index is 5.97. The van der Waals surface area contributed by atoms with E-state index in [9.17, 15) is 0 Å². The van der Waals surface area contributed by atoms with Crippen LogP contribution in [0.1, 0.15) is 31.4 Å². The molecule has 2 heterocycles. The van der Waals surface area contributed by atoms with Crippen molar-refractivity contribution in [3.05, 3.63) is 17.6 Å². The summed E-state index contributed by atoms with van der Waals surface area (Å²) in [6.07, 6.45) is 0. The van der Waals surface area contributed by atoms with E-state index in [1.807, 2.05) is 33.9 Å². The minimum absolute atomic E-state index is 0.207. The Morgan fingerprint density at radius 2 is 2.12 bits per heavy atom. The molecule has 0 fully saturated rings. The highest BCUT2D eigenvalue weighted by Gasteiger charge is 2.19. The molecule has 0 amide bonds. The number of aryl methyl sites for hydroxylation is 2. The lowest BCUT2D eigenvalue weighted by Gasteiger charge is -2.09. The van der Waals surface area contributed by atoms with Crippen molar-refractivity contribution in [3.8, 4) is 11.6 Å². The Morgan fingerprint density at radius 3 is 2.65 bits per heavy atom. The molecule has 2 N–H and O–H groups in total. The number of aromatic nitrogens is 4. The number of hydrogen-bond acceptors (Lipinski definition) is 5. The maximum absolute atomic E-state index is 5.97. The van der Waals surface area contributed by atoms with Gasteiger partial charge in [-0.2, -0.15) is 10.1 Å². The molecule has 6 heteroatoms. The minimum atomic E-state index is -0.207. The minimum Gasteiger partial charge on any atom is -0.332 e. The number of nitrogens with zero attached hydrogens (tertiary/aromatic N) is 4. The van der Waals surface area contributed by atoms with E-state index in [0.717, 1.165) is 11.4 Å². The van der Waals surface area contributed by atoms with E-state index in [1.54, 1.807) is 4.68 Å². The first-order valence-corrected chi connectivity index (χ1v) is 5.59. The summed E-state index contributed by atoms with van der Waals surface area (Å²) in [5.41, 5.74) is 7.68. The largest absolute Gasteiger partial charge is 0.332 e. The van der Waals surface area contributed by atoms with E-state index < -0.39 is 0 Å². The first kappa shape index (κ1) is 11.8. The maximum Gasteiger partial charge on any atom is 0.276 e. The summed E-state index contributed by atoms with van der Waals surface area (Å²) in [6, 6.07) is 1.69. The van der Waals surface area contributed by atoms with Gasteiger partial charge in [0.1, 0.15) is 5.69 Å². The van der Waals surface area contributed by atoms with E-state index in [2.05, 4.69) is 15.2 Å². The molecule has 2 rings (SSSR count). The van der Waals surface area contributed by atoms with Gasteiger partial charge in [0.15, 0.2) is 5.82 Å². The summed E-state index contributed by atoms with van der Waals surface area (Å²) < 4.78 is 6.93. The van der Waals surface area contributed by atoms with Gasteiger partial charge < -0.3 is 10.3 Å². The fraction of sp³-hybridized carbons (Fsp3) is 0.545. The van der Waals surface area contributed by atoms with Crippen molar-refractivity contribution in [2.24, 2.45) is 18.7 Å². The zero-order valence-corrected chi connectivity index (χ0v) is 10.5. The van der Waals surface area contributed by atoms with E-state index in [0.29, 0.717) is 11.7 Å². The molecule has 17 heavy (non-hydrogen) atoms. The molecule has 0 spiro atoms. The van der Waals surface area contributed by atoms with Crippen LogP contribution in [-0.2, 0) is 7.05 Å². The van der Waals surface area contributed by atoms with Crippen molar-refractivity contribution in [1.82, 2.24) is 19.9 Å². The summed E-state index contributed by atoms with van der Waals surface area (Å²) in [5, 5.41) is 8.15. The van der Waals surface area contributed by atoms with Crippen molar-refractivity contribution in [1.29, 1.82) is 0 Å². The van der Waals surface area contributed by atoms with Gasteiger partial charge in [0.2, 0.25) is 0 Å². The van der Waals surface area contributed by atoms with Crippen LogP contribution in [0.3, 0.4) is 0 Å². The van der Waals surface area contributed by atoms with E-state index in [-0.39, 0.29) is 12.0 Å². The van der Waals surface area contributed by atoms with Gasteiger partial charge in [-0.1, -0.05) is 19.0 Å². The highest BCUT2D eigenvalue weighted by atomic mass is 16.5. The predicted molar refractivity (Wildman–Crippen MR) is 63.0 cm³/mol. The van der Waals surface area contributed by atoms with Crippen LogP contribution >= 0.6 is 0 Å². The van der Waals surface area contributed by atoms with Crippen molar-refractivity contribution in [2.75, 3.05) is 0 Å². The fourth-order valence-electron chi connectivity index (χ4n) is 1.58. The monoisotopic (exact) mass is 235 g/mol. The number of nitrogens with two attached hydrogens (primary N) is 1. The van der Waals surface area contributed by atoms with E-state index in [4.69, 9.17) is 10.3 Å². The molecule has 1 unspecified atom stereocenters. The van der Waals surface area contributed by atoms with Crippen LogP contribution in [-0.4, -0.2) is 19.9 Å². The highest BCUT2D eigenvalue weighted by Crippen LogP contribution is 2.21. The van der Waals surface area contributed by atoms with Crippen LogP contribution in [0.15, 0.2) is 10.6 Å². The third-order valence-corrected chi connectivity index (χ3v) is 2.68. The summed E-state index contributed by atoms with van der Waals surface area (Å²) in [7, 11) is 1.84. The van der Waals surface area contributed by atoms with Crippen LogP contribution in [0, 0.1) is 12.8 Å². The van der Waals surface area contributed by atoms with Crippen molar-refractivity contribution in [2.45, 2.75) is 26.8 Å². The average molecular weight is 235 g/mol. The van der Waals surface area contributed by atoms with Crippen molar-refractivity contribution in [3.63, 3.8) is 0 Å². The van der Waals surface area contributed by atoms with E-state index in [1.165, 1.54) is 0 Å². The molecule has 0 aliphatic heterocycles. The quantitative estimate of drug-likeness (QED) is 0.870. The molecule has 1 atom stereocenters. The van der Waals surface area contributed by atoms with Crippen LogP contribution in [0.4, 0.5) is 0 Å². The molecule has 0 aliphatic carbocycles. The fourth-order valence-corrected chi connectivity index (χ4v) is 1.58. The van der Waals surface area contributed by atoms with Gasteiger partial charge in [-0.3, -0.25) is 4.68 Å². The van der Waals surface area contributed by atoms with Crippen LogP contribution in [0.5, 0.6) is 0 Å². The zero-order chi connectivity index (χ0) is 12.6. The lowest BCUT2D eigenvalue weighted by atomic mass is 10.1. The van der Waals surface area contributed by atoms with Crippen LogP contribution in [0.25, 0.3) is 11.6 Å². The van der Waals surface area contributed by atoms with Gasteiger partial charge in [0.05, 0.1) is 11.7 Å². The second kappa shape index (κ2) is 4.29. The molecule has 0 radical (unpaired) electrons. The van der Waals surface area contributed by atoms with Gasteiger partial charge >= 0.3 is 0 Å². The SMILES string of the molecule is Cc1cc(-c2nc(C(N)C(C)C)no2)n(C)n1. The van der Waals surface area contributed by atoms with Gasteiger partial charge in [0, 0.05) is 7.05 Å². The van der Waals surface area contributed by atoms with Gasteiger partial charge in [-0.25, -0.2) is 0 Å². The molecule has 2 aromatic rings. The summed E-state index contributed by atoms with van der Waals surface area (Å²) in [4.78, 5) is 4.31. The first-order chi connectivity index (χ1) is 7.99. The van der Waals surface area contributed by atoms with Crippen LogP contribution < -0.4 is 5.73 Å². The molecular weight excluding hydrogens is 218 g/mol. The standard InChI is InChI=1S/C11H17N5O/c1-6(2)9(12)10-13-11(17-15-10)8-5-7(3)14-16(8)4/h5-6,9H,12H2,1-4H3. The third kappa shape index (κ3) is 2.21. The lowest BCUT2D eigenvalue weighted by Crippen LogP contribution is -2.18. The number of rotatable bonds is 3. The molecule has 0 aliphatic rings. The second-order valence-corrected chi connectivity index (χ2v) is 4.52. The predicted octanol–water partition coefficient (Wildman–Crippen LogP) is 1.43. The Balaban J connectivity index is 2.33. The average Bonchev–Trinajstić information content (AvgIpc) is 2.83. The van der Waals surface area contributed by atoms with Crippen molar-refractivity contribution >= 4 is 0 Å². The lowest BCUT2D eigenvalue weighted by molar-refractivity contribution is 0.398. The molecule has 92 valence electrons. The first-order valence-electron chi connectivity index (χ1n) is 5.59. The third-order valence-electron chi connectivity index (χ3n) is 2.68. The van der Waals surface area contributed by atoms with Gasteiger partial charge in [0.25, 0.3) is 5.89 Å². The smallest absolute Gasteiger partial charge is 0.276 e. The summed E-state index contributed by atoms with van der Waals surface area (Å²) in [6.45, 7) is 5.96. The zero-order valence-electron chi connectivity index (χ0n) is 10.5. The number of hydrogen-bond donors (Lipinski definition) is 1. The molecule has 0 saturated heterocycles. The second-order valence-electron chi connectivity index (χ2n) is 4.52. The van der Waals surface area contributed by atoms with Crippen molar-refractivity contribution < 1.29 is 4.52 Å². The Bertz CT molecular complexity index is 514. The normalized spacial score (nSPS) is 13.3. The van der Waals surface area contributed by atoms with E-state index >= 15 is 0 Å². The summed E-state index contributed by atoms with van der Waals surface area (Å²) in [5.74, 6) is 1.27. The molecule has 0 bridgehead atoms. The Labute approximate surface area is 99.8 Å².